The smallest absolute Gasteiger partial charge is 0.279 e. The van der Waals surface area contributed by atoms with Crippen LogP contribution in [0, 0.1) is 0 Å². The lowest BCUT2D eigenvalue weighted by molar-refractivity contribution is 0.0737. The molecule has 0 bridgehead atoms. The first-order valence-electron chi connectivity index (χ1n) is 10.2. The van der Waals surface area contributed by atoms with Crippen LogP contribution >= 0.6 is 0 Å². The number of hydrogen-bond acceptors (Lipinski definition) is 5. The zero-order chi connectivity index (χ0) is 23.8. The molecule has 4 rings (SSSR count). The van der Waals surface area contributed by atoms with Crippen molar-refractivity contribution < 1.29 is 13.2 Å². The molecule has 0 aliphatic heterocycles. The molecule has 3 aromatic carbocycles. The topological polar surface area (TPSA) is 115 Å². The lowest BCUT2D eigenvalue weighted by Gasteiger charge is -2.26. The van der Waals surface area contributed by atoms with E-state index in [4.69, 9.17) is 5.14 Å². The van der Waals surface area contributed by atoms with Crippen LogP contribution in [0.3, 0.4) is 0 Å². The minimum Gasteiger partial charge on any atom is -0.334 e. The van der Waals surface area contributed by atoms with E-state index >= 15 is 0 Å². The van der Waals surface area contributed by atoms with Crippen molar-refractivity contribution >= 4 is 26.7 Å². The molecule has 0 aliphatic rings. The first-order chi connectivity index (χ1) is 15.7. The van der Waals surface area contributed by atoms with Gasteiger partial charge in [0.25, 0.3) is 11.5 Å². The molecular weight excluding hydrogens is 440 g/mol. The molecule has 33 heavy (non-hydrogen) atoms. The third-order valence-electron chi connectivity index (χ3n) is 5.58. The van der Waals surface area contributed by atoms with Crippen LogP contribution in [0.2, 0.25) is 0 Å². The Bertz CT molecular complexity index is 1510. The van der Waals surface area contributed by atoms with Crippen LogP contribution in [-0.2, 0) is 10.0 Å². The SMILES string of the molecule is CC(c1cccc(S(N)(=O)=O)c1)N(C)C(=O)c1nn(-c2ccccc2)c(=O)c2ccccc12. The van der Waals surface area contributed by atoms with Crippen molar-refractivity contribution in [2.75, 3.05) is 7.05 Å². The second-order valence-electron chi connectivity index (χ2n) is 7.66. The van der Waals surface area contributed by atoms with E-state index in [-0.39, 0.29) is 16.1 Å². The van der Waals surface area contributed by atoms with Crippen molar-refractivity contribution in [3.63, 3.8) is 0 Å². The summed E-state index contributed by atoms with van der Waals surface area (Å²) < 4.78 is 24.7. The fraction of sp³-hybridized carbons (Fsp3) is 0.125. The third-order valence-corrected chi connectivity index (χ3v) is 6.49. The summed E-state index contributed by atoms with van der Waals surface area (Å²) in [5.74, 6) is -0.413. The van der Waals surface area contributed by atoms with Crippen molar-refractivity contribution in [1.82, 2.24) is 14.7 Å². The van der Waals surface area contributed by atoms with Crippen LogP contribution in [0.15, 0.2) is 88.6 Å². The Hall–Kier alpha value is -3.82. The molecule has 168 valence electrons. The Morgan fingerprint density at radius 1 is 0.970 bits per heavy atom. The number of benzene rings is 3. The molecule has 8 nitrogen and oxygen atoms in total. The molecule has 0 radical (unpaired) electrons. The zero-order valence-corrected chi connectivity index (χ0v) is 18.9. The number of carbonyl (C=O) groups excluding carboxylic acids is 1. The quantitative estimate of drug-likeness (QED) is 0.490. The zero-order valence-electron chi connectivity index (χ0n) is 18.0. The van der Waals surface area contributed by atoms with Crippen LogP contribution in [0.4, 0.5) is 0 Å². The normalized spacial score (nSPS) is 12.5. The number of fused-ring (bicyclic) bond motifs is 1. The van der Waals surface area contributed by atoms with Crippen LogP contribution < -0.4 is 10.7 Å². The number of nitrogens with two attached hydrogens (primary N) is 1. The number of para-hydroxylation sites is 1. The van der Waals surface area contributed by atoms with E-state index in [2.05, 4.69) is 5.10 Å². The molecule has 1 heterocycles. The van der Waals surface area contributed by atoms with Crippen LogP contribution in [0.5, 0.6) is 0 Å². The lowest BCUT2D eigenvalue weighted by Crippen LogP contribution is -2.33. The van der Waals surface area contributed by atoms with E-state index in [0.717, 1.165) is 0 Å². The highest BCUT2D eigenvalue weighted by molar-refractivity contribution is 7.89. The lowest BCUT2D eigenvalue weighted by atomic mass is 10.1. The van der Waals surface area contributed by atoms with E-state index in [1.807, 2.05) is 6.07 Å². The summed E-state index contributed by atoms with van der Waals surface area (Å²) in [5, 5.41) is 10.5. The van der Waals surface area contributed by atoms with Crippen molar-refractivity contribution in [2.45, 2.75) is 17.9 Å². The number of primary sulfonamides is 1. The Morgan fingerprint density at radius 3 is 2.27 bits per heavy atom. The van der Waals surface area contributed by atoms with Gasteiger partial charge in [0.2, 0.25) is 10.0 Å². The fourth-order valence-corrected chi connectivity index (χ4v) is 4.18. The highest BCUT2D eigenvalue weighted by Gasteiger charge is 2.25. The maximum absolute atomic E-state index is 13.6. The molecule has 1 aromatic heterocycles. The monoisotopic (exact) mass is 462 g/mol. The summed E-state index contributed by atoms with van der Waals surface area (Å²) in [5.41, 5.74) is 0.924. The molecule has 1 atom stereocenters. The van der Waals surface area contributed by atoms with Gasteiger partial charge in [0.15, 0.2) is 5.69 Å². The van der Waals surface area contributed by atoms with Crippen LogP contribution in [0.1, 0.15) is 29.0 Å². The van der Waals surface area contributed by atoms with E-state index in [1.54, 1.807) is 74.6 Å². The van der Waals surface area contributed by atoms with Crippen molar-refractivity contribution in [3.05, 3.63) is 100 Å². The van der Waals surface area contributed by atoms with Crippen LogP contribution in [0.25, 0.3) is 16.5 Å². The van der Waals surface area contributed by atoms with Gasteiger partial charge in [-0.3, -0.25) is 9.59 Å². The Labute approximate surface area is 190 Å². The Balaban J connectivity index is 1.81. The highest BCUT2D eigenvalue weighted by Crippen LogP contribution is 2.24. The van der Waals surface area contributed by atoms with Gasteiger partial charge in [0, 0.05) is 12.4 Å². The van der Waals surface area contributed by atoms with Gasteiger partial charge in [0.05, 0.1) is 22.0 Å². The maximum atomic E-state index is 13.6. The number of rotatable bonds is 5. The summed E-state index contributed by atoms with van der Waals surface area (Å²) >= 11 is 0. The number of aromatic nitrogens is 2. The Kier molecular flexibility index (Phi) is 5.84. The summed E-state index contributed by atoms with van der Waals surface area (Å²) in [6, 6.07) is 21.4. The molecule has 0 spiro atoms. The van der Waals surface area contributed by atoms with Gasteiger partial charge in [-0.1, -0.05) is 48.5 Å². The van der Waals surface area contributed by atoms with Gasteiger partial charge < -0.3 is 4.90 Å². The maximum Gasteiger partial charge on any atom is 0.279 e. The van der Waals surface area contributed by atoms with E-state index in [1.165, 1.54) is 21.7 Å². The van der Waals surface area contributed by atoms with Crippen molar-refractivity contribution in [3.8, 4) is 5.69 Å². The van der Waals surface area contributed by atoms with Gasteiger partial charge >= 0.3 is 0 Å². The largest absolute Gasteiger partial charge is 0.334 e. The molecule has 0 saturated carbocycles. The Morgan fingerprint density at radius 2 is 1.61 bits per heavy atom. The predicted molar refractivity (Wildman–Crippen MR) is 126 cm³/mol. The highest BCUT2D eigenvalue weighted by atomic mass is 32.2. The van der Waals surface area contributed by atoms with E-state index in [0.29, 0.717) is 22.0 Å². The predicted octanol–water partition coefficient (Wildman–Crippen LogP) is 2.87. The van der Waals surface area contributed by atoms with Crippen molar-refractivity contribution in [1.29, 1.82) is 0 Å². The minimum atomic E-state index is -3.88. The molecule has 1 unspecified atom stereocenters. The van der Waals surface area contributed by atoms with Gasteiger partial charge in [0.1, 0.15) is 0 Å². The fourth-order valence-electron chi connectivity index (χ4n) is 3.61. The van der Waals surface area contributed by atoms with Gasteiger partial charge in [-0.05, 0) is 42.8 Å². The first kappa shape index (κ1) is 22.4. The summed E-state index contributed by atoms with van der Waals surface area (Å²) in [7, 11) is -2.28. The van der Waals surface area contributed by atoms with Gasteiger partial charge in [-0.2, -0.15) is 9.78 Å². The molecule has 0 aliphatic carbocycles. The standard InChI is InChI=1S/C24H22N4O4S/c1-16(17-9-8-12-19(15-17)33(25,31)32)27(2)24(30)22-20-13-6-7-14-21(20)23(29)28(26-22)18-10-4-3-5-11-18/h3-16H,1-2H3,(H2,25,31,32). The van der Waals surface area contributed by atoms with E-state index < -0.39 is 22.0 Å². The summed E-state index contributed by atoms with van der Waals surface area (Å²) in [6.45, 7) is 1.77. The van der Waals surface area contributed by atoms with Crippen molar-refractivity contribution in [2.24, 2.45) is 5.14 Å². The second-order valence-corrected chi connectivity index (χ2v) is 9.22. The molecule has 4 aromatic rings. The first-order valence-corrected chi connectivity index (χ1v) is 11.7. The molecule has 0 saturated heterocycles. The van der Waals surface area contributed by atoms with Gasteiger partial charge in [-0.15, -0.1) is 0 Å². The number of hydrogen-bond donors (Lipinski definition) is 1. The average Bonchev–Trinajstić information content (AvgIpc) is 2.83. The average molecular weight is 463 g/mol. The minimum absolute atomic E-state index is 0.0334. The summed E-state index contributed by atoms with van der Waals surface area (Å²) in [4.78, 5) is 28.0. The number of carbonyl (C=O) groups is 1. The van der Waals surface area contributed by atoms with Crippen LogP contribution in [-0.4, -0.2) is 36.1 Å². The second kappa shape index (κ2) is 8.61. The number of amides is 1. The molecule has 1 amide bonds. The molecule has 0 fully saturated rings. The molecular formula is C24H22N4O4S. The third kappa shape index (κ3) is 4.28. The van der Waals surface area contributed by atoms with E-state index in [9.17, 15) is 18.0 Å². The number of sulfonamides is 1. The summed E-state index contributed by atoms with van der Waals surface area (Å²) in [6.07, 6.45) is 0. The molecule has 2 N–H and O–H groups in total. The van der Waals surface area contributed by atoms with Gasteiger partial charge in [-0.25, -0.2) is 13.6 Å². The number of nitrogens with zero attached hydrogens (tertiary/aromatic N) is 3. The molecule has 9 heteroatoms.